The molecule has 4 aromatic rings. The molecule has 2 atom stereocenters. The van der Waals surface area contributed by atoms with Gasteiger partial charge in [-0.05, 0) is 67.8 Å². The van der Waals surface area contributed by atoms with Crippen molar-refractivity contribution in [2.24, 2.45) is 0 Å². The highest BCUT2D eigenvalue weighted by Crippen LogP contribution is 2.25. The summed E-state index contributed by atoms with van der Waals surface area (Å²) < 4.78 is 43.5. The van der Waals surface area contributed by atoms with Gasteiger partial charge in [0.15, 0.2) is 5.65 Å². The third-order valence-electron chi connectivity index (χ3n) is 7.38. The number of nitrogens with zero attached hydrogens (tertiary/aromatic N) is 4. The molecule has 8 nitrogen and oxygen atoms in total. The predicted molar refractivity (Wildman–Crippen MR) is 155 cm³/mol. The Hall–Kier alpha value is -4.12. The topological polar surface area (TPSA) is 84.3 Å². The second kappa shape index (κ2) is 12.4. The van der Waals surface area contributed by atoms with Crippen LogP contribution in [0.1, 0.15) is 48.8 Å². The van der Waals surface area contributed by atoms with Crippen LogP contribution in [0.4, 0.5) is 18.9 Å². The minimum Gasteiger partial charge on any atom is -0.406 e. The average Bonchev–Trinajstić information content (AvgIpc) is 3.28. The Kier molecular flexibility index (Phi) is 8.67. The van der Waals surface area contributed by atoms with E-state index in [1.807, 2.05) is 24.5 Å². The maximum atomic E-state index is 13.0. The Bertz CT molecular complexity index is 1520. The Morgan fingerprint density at radius 2 is 1.90 bits per heavy atom. The number of carbonyl (C=O) groups excluding carboxylic acids is 1. The average molecular weight is 581 g/mol. The standard InChI is InChI=1S/C31H35F3N6O2/c1-20-16-27-30(36-17-20)40(19-23-4-10-26(11-5-23)42-31(32,33)34)28(38-27)12-13-29(41)37-22(3)24-6-8-25(9-7-24)39-15-14-35-21(2)18-39/h4-11,16-17,21-22,35H,12-15,18-19H2,1-3H3,(H,37,41)/t21?,22-/m0/s1. The van der Waals surface area contributed by atoms with Gasteiger partial charge >= 0.3 is 6.36 Å². The molecule has 0 aliphatic carbocycles. The van der Waals surface area contributed by atoms with Gasteiger partial charge in [-0.25, -0.2) is 9.97 Å². The monoisotopic (exact) mass is 580 g/mol. The van der Waals surface area contributed by atoms with Gasteiger partial charge < -0.3 is 24.8 Å². The van der Waals surface area contributed by atoms with Crippen LogP contribution in [0.25, 0.3) is 11.2 Å². The summed E-state index contributed by atoms with van der Waals surface area (Å²) in [6.07, 6.45) is -2.40. The van der Waals surface area contributed by atoms with Crippen LogP contribution in [0.3, 0.4) is 0 Å². The first-order chi connectivity index (χ1) is 20.0. The molecular weight excluding hydrogens is 545 g/mol. The lowest BCUT2D eigenvalue weighted by Gasteiger charge is -2.33. The number of anilines is 1. The van der Waals surface area contributed by atoms with Crippen LogP contribution in [0.15, 0.2) is 60.8 Å². The molecule has 2 aromatic carbocycles. The van der Waals surface area contributed by atoms with Crippen molar-refractivity contribution >= 4 is 22.8 Å². The van der Waals surface area contributed by atoms with Crippen molar-refractivity contribution in [2.75, 3.05) is 24.5 Å². The van der Waals surface area contributed by atoms with Crippen LogP contribution < -0.4 is 20.3 Å². The maximum absolute atomic E-state index is 13.0. The second-order valence-corrected chi connectivity index (χ2v) is 10.8. The molecule has 1 saturated heterocycles. The van der Waals surface area contributed by atoms with Crippen molar-refractivity contribution in [1.82, 2.24) is 25.2 Å². The number of benzene rings is 2. The number of aryl methyl sites for hydroxylation is 2. The van der Waals surface area contributed by atoms with Crippen LogP contribution in [0, 0.1) is 6.92 Å². The summed E-state index contributed by atoms with van der Waals surface area (Å²) in [4.78, 5) is 24.6. The van der Waals surface area contributed by atoms with Crippen molar-refractivity contribution in [1.29, 1.82) is 0 Å². The molecule has 0 radical (unpaired) electrons. The predicted octanol–water partition coefficient (Wildman–Crippen LogP) is 5.29. The summed E-state index contributed by atoms with van der Waals surface area (Å²) >= 11 is 0. The highest BCUT2D eigenvalue weighted by Gasteiger charge is 2.31. The zero-order valence-corrected chi connectivity index (χ0v) is 23.9. The fraction of sp³-hybridized carbons (Fsp3) is 0.387. The molecule has 1 fully saturated rings. The molecule has 2 aromatic heterocycles. The summed E-state index contributed by atoms with van der Waals surface area (Å²) in [6, 6.07) is 16.3. The Morgan fingerprint density at radius 1 is 1.17 bits per heavy atom. The second-order valence-electron chi connectivity index (χ2n) is 10.8. The van der Waals surface area contributed by atoms with Crippen molar-refractivity contribution in [3.05, 3.63) is 83.3 Å². The van der Waals surface area contributed by atoms with E-state index in [0.29, 0.717) is 36.0 Å². The normalized spacial score (nSPS) is 16.4. The van der Waals surface area contributed by atoms with Crippen molar-refractivity contribution in [2.45, 2.75) is 58.6 Å². The summed E-state index contributed by atoms with van der Waals surface area (Å²) in [5.41, 5.74) is 5.27. The lowest BCUT2D eigenvalue weighted by Crippen LogP contribution is -2.49. The molecule has 1 amide bonds. The van der Waals surface area contributed by atoms with Gasteiger partial charge in [-0.1, -0.05) is 24.3 Å². The molecule has 0 saturated carbocycles. The van der Waals surface area contributed by atoms with E-state index in [1.165, 1.54) is 17.8 Å². The van der Waals surface area contributed by atoms with Gasteiger partial charge in [0, 0.05) is 50.4 Å². The van der Waals surface area contributed by atoms with Crippen LogP contribution in [-0.2, 0) is 17.8 Å². The van der Waals surface area contributed by atoms with Crippen molar-refractivity contribution < 1.29 is 22.7 Å². The number of aromatic nitrogens is 3. The molecule has 0 bridgehead atoms. The zero-order chi connectivity index (χ0) is 29.9. The molecule has 1 aliphatic heterocycles. The van der Waals surface area contributed by atoms with Crippen LogP contribution in [-0.4, -0.2) is 52.5 Å². The summed E-state index contributed by atoms with van der Waals surface area (Å²) in [7, 11) is 0. The van der Waals surface area contributed by atoms with E-state index in [9.17, 15) is 18.0 Å². The number of imidazole rings is 1. The number of hydrogen-bond acceptors (Lipinski definition) is 6. The molecule has 11 heteroatoms. The summed E-state index contributed by atoms with van der Waals surface area (Å²) in [5, 5.41) is 6.54. The van der Waals surface area contributed by atoms with Crippen molar-refractivity contribution in [3.63, 3.8) is 0 Å². The van der Waals surface area contributed by atoms with E-state index in [1.54, 1.807) is 18.3 Å². The summed E-state index contributed by atoms with van der Waals surface area (Å²) in [6.45, 7) is 9.30. The third-order valence-corrected chi connectivity index (χ3v) is 7.38. The lowest BCUT2D eigenvalue weighted by molar-refractivity contribution is -0.274. The van der Waals surface area contributed by atoms with E-state index in [4.69, 9.17) is 4.98 Å². The Labute approximate surface area is 242 Å². The molecule has 1 unspecified atom stereocenters. The van der Waals surface area contributed by atoms with Gasteiger partial charge in [-0.2, -0.15) is 0 Å². The van der Waals surface area contributed by atoms with Gasteiger partial charge in [-0.15, -0.1) is 13.2 Å². The highest BCUT2D eigenvalue weighted by atomic mass is 19.4. The molecule has 5 rings (SSSR count). The number of pyridine rings is 1. The molecular formula is C31H35F3N6O2. The fourth-order valence-electron chi connectivity index (χ4n) is 5.26. The van der Waals surface area contributed by atoms with E-state index < -0.39 is 6.36 Å². The minimum absolute atomic E-state index is 0.0982. The van der Waals surface area contributed by atoms with Gasteiger partial charge in [0.2, 0.25) is 5.91 Å². The number of nitrogens with one attached hydrogen (secondary N) is 2. The number of alkyl halides is 3. The molecule has 1 aliphatic rings. The first-order valence-electron chi connectivity index (χ1n) is 14.1. The molecule has 222 valence electrons. The van der Waals surface area contributed by atoms with Gasteiger partial charge in [0.25, 0.3) is 0 Å². The van der Waals surface area contributed by atoms with E-state index >= 15 is 0 Å². The summed E-state index contributed by atoms with van der Waals surface area (Å²) in [5.74, 6) is 0.296. The Morgan fingerprint density at radius 3 is 2.60 bits per heavy atom. The Balaban J connectivity index is 1.24. The zero-order valence-electron chi connectivity index (χ0n) is 23.9. The number of carbonyl (C=O) groups is 1. The largest absolute Gasteiger partial charge is 0.573 e. The minimum atomic E-state index is -4.75. The van der Waals surface area contributed by atoms with Crippen molar-refractivity contribution in [3.8, 4) is 5.75 Å². The highest BCUT2D eigenvalue weighted by molar-refractivity contribution is 5.77. The first kappa shape index (κ1) is 29.4. The number of rotatable bonds is 9. The number of halogens is 3. The fourth-order valence-corrected chi connectivity index (χ4v) is 5.26. The molecule has 3 heterocycles. The first-order valence-corrected chi connectivity index (χ1v) is 14.1. The van der Waals surface area contributed by atoms with E-state index in [0.717, 1.165) is 36.3 Å². The third kappa shape index (κ3) is 7.39. The quantitative estimate of drug-likeness (QED) is 0.280. The van der Waals surface area contributed by atoms with E-state index in [2.05, 4.69) is 56.4 Å². The number of hydrogen-bond donors (Lipinski definition) is 2. The van der Waals surface area contributed by atoms with E-state index in [-0.39, 0.29) is 24.1 Å². The smallest absolute Gasteiger partial charge is 0.406 e. The maximum Gasteiger partial charge on any atom is 0.573 e. The van der Waals surface area contributed by atoms with Gasteiger partial charge in [0.1, 0.15) is 17.1 Å². The molecule has 42 heavy (non-hydrogen) atoms. The lowest BCUT2D eigenvalue weighted by atomic mass is 10.1. The molecule has 2 N–H and O–H groups in total. The van der Waals surface area contributed by atoms with Gasteiger partial charge in [-0.3, -0.25) is 4.79 Å². The number of fused-ring (bicyclic) bond motifs is 1. The van der Waals surface area contributed by atoms with Crippen LogP contribution in [0.2, 0.25) is 0 Å². The number of ether oxygens (including phenoxy) is 1. The molecule has 0 spiro atoms. The number of piperazine rings is 1. The van der Waals surface area contributed by atoms with Crippen LogP contribution >= 0.6 is 0 Å². The van der Waals surface area contributed by atoms with Crippen LogP contribution in [0.5, 0.6) is 5.75 Å². The SMILES string of the molecule is Cc1cnc2c(c1)nc(CCC(=O)N[C@@H](C)c1ccc(N3CCNC(C)C3)cc1)n2Cc1ccc(OC(F)(F)F)cc1. The van der Waals surface area contributed by atoms with Gasteiger partial charge in [0.05, 0.1) is 12.6 Å². The number of amides is 1.